The van der Waals surface area contributed by atoms with Crippen molar-refractivity contribution in [3.8, 4) is 0 Å². The average Bonchev–Trinajstić information content (AvgIpc) is 2.27. The van der Waals surface area contributed by atoms with Crippen LogP contribution < -0.4 is 0 Å². The Morgan fingerprint density at radius 3 is 3.00 bits per heavy atom. The highest BCUT2D eigenvalue weighted by atomic mass is 32.1. The second-order valence-corrected chi connectivity index (χ2v) is 3.37. The van der Waals surface area contributed by atoms with Gasteiger partial charge in [0.25, 0.3) is 0 Å². The lowest BCUT2D eigenvalue weighted by molar-refractivity contribution is 0.589. The lowest BCUT2D eigenvalue weighted by atomic mass is 10.4. The maximum absolute atomic E-state index is 12.5. The number of fused-ring (bicyclic) bond motifs is 1. The lowest BCUT2D eigenvalue weighted by Gasteiger charge is -1.84. The van der Waals surface area contributed by atoms with Crippen LogP contribution in [0.2, 0.25) is 0 Å². The minimum absolute atomic E-state index is 0.443. The van der Waals surface area contributed by atoms with Crippen molar-refractivity contribution in [1.29, 1.82) is 0 Å². The second kappa shape index (κ2) is 2.23. The third-order valence-electron chi connectivity index (χ3n) is 1.33. The van der Waals surface area contributed by atoms with Crippen LogP contribution in [0, 0.1) is 12.9 Å². The molecule has 56 valence electrons. The molecular formula is C7H5FN2S. The SMILES string of the molecule is Cc1nc2ccc(F)nc2s1. The van der Waals surface area contributed by atoms with Gasteiger partial charge < -0.3 is 0 Å². The lowest BCUT2D eigenvalue weighted by Crippen LogP contribution is -1.78. The molecule has 0 aliphatic heterocycles. The first kappa shape index (κ1) is 6.67. The van der Waals surface area contributed by atoms with E-state index in [9.17, 15) is 4.39 Å². The van der Waals surface area contributed by atoms with E-state index in [1.807, 2.05) is 6.92 Å². The Bertz CT molecular complexity index is 396. The van der Waals surface area contributed by atoms with Gasteiger partial charge in [0.1, 0.15) is 10.3 Å². The quantitative estimate of drug-likeness (QED) is 0.563. The Labute approximate surface area is 66.7 Å². The number of aromatic nitrogens is 2. The minimum atomic E-state index is -0.443. The molecule has 0 bridgehead atoms. The summed E-state index contributed by atoms with van der Waals surface area (Å²) in [4.78, 5) is 8.50. The molecule has 2 aromatic rings. The highest BCUT2D eigenvalue weighted by molar-refractivity contribution is 7.18. The van der Waals surface area contributed by atoms with Crippen LogP contribution in [0.5, 0.6) is 0 Å². The summed E-state index contributed by atoms with van der Waals surface area (Å²) < 4.78 is 12.5. The van der Waals surface area contributed by atoms with Crippen LogP contribution in [0.4, 0.5) is 4.39 Å². The first-order valence-corrected chi connectivity index (χ1v) is 3.97. The van der Waals surface area contributed by atoms with Crippen molar-refractivity contribution in [2.24, 2.45) is 0 Å². The zero-order valence-corrected chi connectivity index (χ0v) is 6.65. The topological polar surface area (TPSA) is 25.8 Å². The predicted octanol–water partition coefficient (Wildman–Crippen LogP) is 2.14. The van der Waals surface area contributed by atoms with E-state index in [0.29, 0.717) is 4.83 Å². The first-order valence-electron chi connectivity index (χ1n) is 3.15. The minimum Gasteiger partial charge on any atom is -0.240 e. The van der Waals surface area contributed by atoms with Crippen LogP contribution >= 0.6 is 11.3 Å². The number of thiazole rings is 1. The van der Waals surface area contributed by atoms with Gasteiger partial charge in [-0.3, -0.25) is 0 Å². The molecule has 0 N–H and O–H groups in total. The molecule has 2 heterocycles. The van der Waals surface area contributed by atoms with Gasteiger partial charge in [0.15, 0.2) is 0 Å². The smallest absolute Gasteiger partial charge is 0.214 e. The summed E-state index contributed by atoms with van der Waals surface area (Å²) in [5.74, 6) is -0.443. The number of nitrogens with zero attached hydrogens (tertiary/aromatic N) is 2. The maximum Gasteiger partial charge on any atom is 0.214 e. The Morgan fingerprint density at radius 1 is 1.36 bits per heavy atom. The summed E-state index contributed by atoms with van der Waals surface area (Å²) in [6, 6.07) is 2.96. The zero-order chi connectivity index (χ0) is 7.84. The molecule has 0 aliphatic carbocycles. The summed E-state index contributed by atoms with van der Waals surface area (Å²) in [6.45, 7) is 1.88. The molecule has 4 heteroatoms. The molecule has 0 saturated carbocycles. The van der Waals surface area contributed by atoms with Crippen LogP contribution in [-0.4, -0.2) is 9.97 Å². The largest absolute Gasteiger partial charge is 0.240 e. The van der Waals surface area contributed by atoms with E-state index in [4.69, 9.17) is 0 Å². The molecule has 2 nitrogen and oxygen atoms in total. The number of hydrogen-bond donors (Lipinski definition) is 0. The molecule has 0 atom stereocenters. The highest BCUT2D eigenvalue weighted by Gasteiger charge is 2.01. The van der Waals surface area contributed by atoms with Crippen LogP contribution in [-0.2, 0) is 0 Å². The number of halogens is 1. The normalized spacial score (nSPS) is 10.7. The number of aryl methyl sites for hydroxylation is 1. The number of pyridine rings is 1. The molecule has 0 fully saturated rings. The predicted molar refractivity (Wildman–Crippen MR) is 42.1 cm³/mol. The molecule has 11 heavy (non-hydrogen) atoms. The molecule has 2 aromatic heterocycles. The molecule has 0 saturated heterocycles. The standard InChI is InChI=1S/C7H5FN2S/c1-4-9-5-2-3-6(8)10-7(5)11-4/h2-3H,1H3. The Morgan fingerprint density at radius 2 is 2.18 bits per heavy atom. The van der Waals surface area contributed by atoms with E-state index in [1.165, 1.54) is 17.4 Å². The van der Waals surface area contributed by atoms with Crippen molar-refractivity contribution in [1.82, 2.24) is 9.97 Å². The van der Waals surface area contributed by atoms with Gasteiger partial charge >= 0.3 is 0 Å². The maximum atomic E-state index is 12.5. The molecule has 0 unspecified atom stereocenters. The third kappa shape index (κ3) is 1.09. The van der Waals surface area contributed by atoms with Crippen LogP contribution in [0.1, 0.15) is 5.01 Å². The van der Waals surface area contributed by atoms with Gasteiger partial charge in [-0.15, -0.1) is 0 Å². The molecule has 2 rings (SSSR count). The molecule has 0 aromatic carbocycles. The van der Waals surface area contributed by atoms with Gasteiger partial charge in [0, 0.05) is 0 Å². The van der Waals surface area contributed by atoms with E-state index >= 15 is 0 Å². The van der Waals surface area contributed by atoms with E-state index in [1.54, 1.807) is 6.07 Å². The summed E-state index contributed by atoms with van der Waals surface area (Å²) in [5, 5.41) is 0.915. The van der Waals surface area contributed by atoms with Crippen molar-refractivity contribution < 1.29 is 4.39 Å². The summed E-state index contributed by atoms with van der Waals surface area (Å²) >= 11 is 1.40. The third-order valence-corrected chi connectivity index (χ3v) is 2.21. The van der Waals surface area contributed by atoms with Crippen molar-refractivity contribution in [2.45, 2.75) is 6.92 Å². The summed E-state index contributed by atoms with van der Waals surface area (Å²) in [7, 11) is 0. The van der Waals surface area contributed by atoms with Crippen LogP contribution in [0.15, 0.2) is 12.1 Å². The van der Waals surface area contributed by atoms with Crippen molar-refractivity contribution in [3.05, 3.63) is 23.1 Å². The van der Waals surface area contributed by atoms with Crippen LogP contribution in [0.3, 0.4) is 0 Å². The fourth-order valence-electron chi connectivity index (χ4n) is 0.903. The Hall–Kier alpha value is -1.03. The molecule has 0 spiro atoms. The van der Waals surface area contributed by atoms with Gasteiger partial charge in [0.05, 0.1) is 5.01 Å². The molecular weight excluding hydrogens is 163 g/mol. The van der Waals surface area contributed by atoms with Gasteiger partial charge in [-0.05, 0) is 19.1 Å². The molecule has 0 amide bonds. The highest BCUT2D eigenvalue weighted by Crippen LogP contribution is 2.18. The monoisotopic (exact) mass is 168 g/mol. The van der Waals surface area contributed by atoms with E-state index < -0.39 is 5.95 Å². The fourth-order valence-corrected chi connectivity index (χ4v) is 1.68. The Kier molecular flexibility index (Phi) is 1.35. The van der Waals surface area contributed by atoms with Gasteiger partial charge in [-0.1, -0.05) is 11.3 Å². The zero-order valence-electron chi connectivity index (χ0n) is 5.84. The van der Waals surface area contributed by atoms with Crippen molar-refractivity contribution in [3.63, 3.8) is 0 Å². The first-order chi connectivity index (χ1) is 5.25. The van der Waals surface area contributed by atoms with Crippen LogP contribution in [0.25, 0.3) is 10.3 Å². The van der Waals surface area contributed by atoms with Gasteiger partial charge in [-0.25, -0.2) is 9.97 Å². The summed E-state index contributed by atoms with van der Waals surface area (Å²) in [5.41, 5.74) is 0.772. The summed E-state index contributed by atoms with van der Waals surface area (Å²) in [6.07, 6.45) is 0. The van der Waals surface area contributed by atoms with E-state index in [0.717, 1.165) is 10.5 Å². The second-order valence-electron chi connectivity index (χ2n) is 2.19. The van der Waals surface area contributed by atoms with Gasteiger partial charge in [0.2, 0.25) is 5.95 Å². The Balaban J connectivity index is 2.82. The fraction of sp³-hybridized carbons (Fsp3) is 0.143. The van der Waals surface area contributed by atoms with E-state index in [2.05, 4.69) is 9.97 Å². The molecule has 0 radical (unpaired) electrons. The van der Waals surface area contributed by atoms with Crippen molar-refractivity contribution in [2.75, 3.05) is 0 Å². The van der Waals surface area contributed by atoms with Crippen molar-refractivity contribution >= 4 is 21.7 Å². The molecule has 0 aliphatic rings. The number of hydrogen-bond acceptors (Lipinski definition) is 3. The number of rotatable bonds is 0. The average molecular weight is 168 g/mol. The van der Waals surface area contributed by atoms with Gasteiger partial charge in [-0.2, -0.15) is 4.39 Å². The van der Waals surface area contributed by atoms with E-state index in [-0.39, 0.29) is 0 Å².